The van der Waals surface area contributed by atoms with Gasteiger partial charge in [0.1, 0.15) is 0 Å². The lowest BCUT2D eigenvalue weighted by molar-refractivity contribution is -0.385. The van der Waals surface area contributed by atoms with Crippen molar-refractivity contribution in [2.75, 3.05) is 6.61 Å². The SMILES string of the molecule is O=C(COc1ccc(Cl)cc1[N+](=O)[O-])c1cccc(Br)c1. The van der Waals surface area contributed by atoms with E-state index in [9.17, 15) is 14.9 Å². The fourth-order valence-corrected chi connectivity index (χ4v) is 2.21. The van der Waals surface area contributed by atoms with Crippen molar-refractivity contribution in [3.63, 3.8) is 0 Å². The van der Waals surface area contributed by atoms with Crippen LogP contribution >= 0.6 is 27.5 Å². The minimum atomic E-state index is -0.606. The third kappa shape index (κ3) is 4.03. The fraction of sp³-hybridized carbons (Fsp3) is 0.0714. The first-order valence-electron chi connectivity index (χ1n) is 5.83. The van der Waals surface area contributed by atoms with Crippen molar-refractivity contribution in [3.05, 3.63) is 67.6 Å². The minimum Gasteiger partial charge on any atom is -0.478 e. The summed E-state index contributed by atoms with van der Waals surface area (Å²) < 4.78 is 6.01. The Morgan fingerprint density at radius 2 is 2.05 bits per heavy atom. The zero-order valence-corrected chi connectivity index (χ0v) is 12.9. The highest BCUT2D eigenvalue weighted by molar-refractivity contribution is 9.10. The number of nitrogens with zero attached hydrogens (tertiary/aromatic N) is 1. The first kappa shape index (κ1) is 15.5. The van der Waals surface area contributed by atoms with Crippen molar-refractivity contribution in [2.45, 2.75) is 0 Å². The molecule has 21 heavy (non-hydrogen) atoms. The second-order valence-corrected chi connectivity index (χ2v) is 5.44. The number of ether oxygens (including phenoxy) is 1. The predicted octanol–water partition coefficient (Wildman–Crippen LogP) is 4.27. The molecular formula is C14H9BrClNO4. The summed E-state index contributed by atoms with van der Waals surface area (Å²) >= 11 is 8.97. The van der Waals surface area contributed by atoms with Crippen LogP contribution in [0.25, 0.3) is 0 Å². The third-order valence-electron chi connectivity index (χ3n) is 2.62. The van der Waals surface area contributed by atoms with Gasteiger partial charge in [0.25, 0.3) is 0 Å². The molecule has 0 amide bonds. The lowest BCUT2D eigenvalue weighted by atomic mass is 10.1. The van der Waals surface area contributed by atoms with E-state index in [-0.39, 0.29) is 28.8 Å². The Morgan fingerprint density at radius 3 is 2.71 bits per heavy atom. The van der Waals surface area contributed by atoms with Crippen LogP contribution in [0.5, 0.6) is 5.75 Å². The van der Waals surface area contributed by atoms with E-state index in [1.165, 1.54) is 18.2 Å². The Bertz CT molecular complexity index is 705. The van der Waals surface area contributed by atoms with Crippen molar-refractivity contribution in [1.82, 2.24) is 0 Å². The highest BCUT2D eigenvalue weighted by Crippen LogP contribution is 2.30. The molecule has 0 atom stereocenters. The molecule has 0 aliphatic rings. The van der Waals surface area contributed by atoms with E-state index >= 15 is 0 Å². The molecule has 108 valence electrons. The average Bonchev–Trinajstić information content (AvgIpc) is 2.45. The molecule has 0 N–H and O–H groups in total. The summed E-state index contributed by atoms with van der Waals surface area (Å²) in [7, 11) is 0. The Kier molecular flexibility index (Phi) is 4.93. The number of benzene rings is 2. The Labute approximate surface area is 133 Å². The lowest BCUT2D eigenvalue weighted by Crippen LogP contribution is -2.12. The number of Topliss-reactive ketones (excluding diaryl/α,β-unsaturated/α-hetero) is 1. The highest BCUT2D eigenvalue weighted by Gasteiger charge is 2.17. The van der Waals surface area contributed by atoms with Gasteiger partial charge in [0, 0.05) is 21.1 Å². The van der Waals surface area contributed by atoms with Crippen molar-refractivity contribution in [1.29, 1.82) is 0 Å². The van der Waals surface area contributed by atoms with Gasteiger partial charge in [-0.25, -0.2) is 0 Å². The molecule has 0 aliphatic heterocycles. The molecule has 2 aromatic carbocycles. The second kappa shape index (κ2) is 6.69. The molecular weight excluding hydrogens is 362 g/mol. The van der Waals surface area contributed by atoms with Crippen LogP contribution in [0.4, 0.5) is 5.69 Å². The van der Waals surface area contributed by atoms with Crippen molar-refractivity contribution in [3.8, 4) is 5.75 Å². The normalized spacial score (nSPS) is 10.2. The summed E-state index contributed by atoms with van der Waals surface area (Å²) in [6, 6.07) is 10.8. The number of ketones is 1. The molecule has 0 bridgehead atoms. The zero-order chi connectivity index (χ0) is 15.4. The maximum absolute atomic E-state index is 12.0. The van der Waals surface area contributed by atoms with E-state index in [1.807, 2.05) is 0 Å². The first-order chi connectivity index (χ1) is 9.97. The van der Waals surface area contributed by atoms with Gasteiger partial charge < -0.3 is 4.74 Å². The summed E-state index contributed by atoms with van der Waals surface area (Å²) in [5, 5.41) is 11.1. The Balaban J connectivity index is 2.13. The topological polar surface area (TPSA) is 69.4 Å². The van der Waals surface area contributed by atoms with Gasteiger partial charge in [-0.1, -0.05) is 39.7 Å². The van der Waals surface area contributed by atoms with E-state index in [4.69, 9.17) is 16.3 Å². The largest absolute Gasteiger partial charge is 0.478 e. The molecule has 5 nitrogen and oxygen atoms in total. The number of halogens is 2. The molecule has 7 heteroatoms. The summed E-state index contributed by atoms with van der Waals surface area (Å²) in [5.74, 6) is -0.270. The van der Waals surface area contributed by atoms with Gasteiger partial charge in [0.05, 0.1) is 4.92 Å². The maximum Gasteiger partial charge on any atom is 0.312 e. The van der Waals surface area contributed by atoms with Gasteiger partial charge in [-0.3, -0.25) is 14.9 Å². The zero-order valence-electron chi connectivity index (χ0n) is 10.6. The third-order valence-corrected chi connectivity index (χ3v) is 3.35. The minimum absolute atomic E-state index is 0.00717. The predicted molar refractivity (Wildman–Crippen MR) is 82.1 cm³/mol. The molecule has 0 aliphatic carbocycles. The first-order valence-corrected chi connectivity index (χ1v) is 7.00. The number of rotatable bonds is 5. The number of nitro groups is 1. The van der Waals surface area contributed by atoms with E-state index < -0.39 is 4.92 Å². The van der Waals surface area contributed by atoms with Gasteiger partial charge in [-0.15, -0.1) is 0 Å². The van der Waals surface area contributed by atoms with Crippen molar-refractivity contribution >= 4 is 39.0 Å². The van der Waals surface area contributed by atoms with E-state index in [1.54, 1.807) is 24.3 Å². The molecule has 0 heterocycles. The van der Waals surface area contributed by atoms with Gasteiger partial charge in [0.15, 0.2) is 18.1 Å². The molecule has 0 spiro atoms. The highest BCUT2D eigenvalue weighted by atomic mass is 79.9. The Hall–Kier alpha value is -1.92. The fourth-order valence-electron chi connectivity index (χ4n) is 1.64. The summed E-state index contributed by atoms with van der Waals surface area (Å²) in [6.07, 6.45) is 0. The van der Waals surface area contributed by atoms with Crippen molar-refractivity contribution in [2.24, 2.45) is 0 Å². The quantitative estimate of drug-likeness (QED) is 0.448. The van der Waals surface area contributed by atoms with Crippen LogP contribution in [-0.4, -0.2) is 17.3 Å². The van der Waals surface area contributed by atoms with Crippen LogP contribution in [0, 0.1) is 10.1 Å². The van der Waals surface area contributed by atoms with Gasteiger partial charge in [-0.05, 0) is 24.3 Å². The molecule has 0 saturated carbocycles. The van der Waals surface area contributed by atoms with Gasteiger partial charge >= 0.3 is 5.69 Å². The molecule has 0 fully saturated rings. The van der Waals surface area contributed by atoms with Crippen LogP contribution in [0.1, 0.15) is 10.4 Å². The number of hydrogen-bond donors (Lipinski definition) is 0. The van der Waals surface area contributed by atoms with Crippen LogP contribution < -0.4 is 4.74 Å². The number of hydrogen-bond acceptors (Lipinski definition) is 4. The average molecular weight is 371 g/mol. The Morgan fingerprint density at radius 1 is 1.29 bits per heavy atom. The number of carbonyl (C=O) groups is 1. The molecule has 0 unspecified atom stereocenters. The number of nitro benzene ring substituents is 1. The summed E-state index contributed by atoms with van der Waals surface area (Å²) in [6.45, 7) is -0.293. The summed E-state index contributed by atoms with van der Waals surface area (Å²) in [5.41, 5.74) is 0.186. The lowest BCUT2D eigenvalue weighted by Gasteiger charge is -2.06. The van der Waals surface area contributed by atoms with E-state index in [0.29, 0.717) is 5.56 Å². The molecule has 2 rings (SSSR count). The molecule has 0 radical (unpaired) electrons. The van der Waals surface area contributed by atoms with Crippen LogP contribution in [0.15, 0.2) is 46.9 Å². The van der Waals surface area contributed by atoms with Gasteiger partial charge in [-0.2, -0.15) is 0 Å². The molecule has 0 saturated heterocycles. The second-order valence-electron chi connectivity index (χ2n) is 4.09. The molecule has 2 aromatic rings. The maximum atomic E-state index is 12.0. The number of carbonyl (C=O) groups excluding carboxylic acids is 1. The molecule has 0 aromatic heterocycles. The van der Waals surface area contributed by atoms with Crippen LogP contribution in [-0.2, 0) is 0 Å². The van der Waals surface area contributed by atoms with Gasteiger partial charge in [0.2, 0.25) is 0 Å². The summed E-state index contributed by atoms with van der Waals surface area (Å²) in [4.78, 5) is 22.3. The smallest absolute Gasteiger partial charge is 0.312 e. The monoisotopic (exact) mass is 369 g/mol. The van der Waals surface area contributed by atoms with E-state index in [0.717, 1.165) is 4.47 Å². The van der Waals surface area contributed by atoms with Crippen LogP contribution in [0.3, 0.4) is 0 Å². The van der Waals surface area contributed by atoms with Crippen molar-refractivity contribution < 1.29 is 14.5 Å². The standard InChI is InChI=1S/C14H9BrClNO4/c15-10-3-1-2-9(6-10)13(18)8-21-14-5-4-11(16)7-12(14)17(19)20/h1-7H,8H2. The van der Waals surface area contributed by atoms with E-state index in [2.05, 4.69) is 15.9 Å². The van der Waals surface area contributed by atoms with Crippen LogP contribution in [0.2, 0.25) is 5.02 Å².